The lowest BCUT2D eigenvalue weighted by atomic mass is 9.83. The molecule has 5 nitrogen and oxygen atoms in total. The Balaban J connectivity index is 0.00000288. The van der Waals surface area contributed by atoms with Crippen LogP contribution in [0.25, 0.3) is 0 Å². The zero-order valence-corrected chi connectivity index (χ0v) is 17.5. The third-order valence-electron chi connectivity index (χ3n) is 5.42. The molecular weight excluding hydrogens is 359 g/mol. The van der Waals surface area contributed by atoms with Crippen molar-refractivity contribution in [2.24, 2.45) is 24.6 Å². The molecule has 7 heteroatoms. The van der Waals surface area contributed by atoms with E-state index in [2.05, 4.69) is 17.3 Å². The van der Waals surface area contributed by atoms with Crippen molar-refractivity contribution in [3.63, 3.8) is 0 Å². The lowest BCUT2D eigenvalue weighted by molar-refractivity contribution is -0.125. The minimum Gasteiger partial charge on any atom is -0.352 e. The molecule has 1 fully saturated rings. The summed E-state index contributed by atoms with van der Waals surface area (Å²) in [5, 5.41) is 7.65. The average molecular weight is 393 g/mol. The van der Waals surface area contributed by atoms with Gasteiger partial charge in [-0.05, 0) is 44.6 Å². The van der Waals surface area contributed by atoms with Gasteiger partial charge in [0.2, 0.25) is 5.91 Å². The van der Waals surface area contributed by atoms with Gasteiger partial charge in [-0.15, -0.1) is 24.8 Å². The largest absolute Gasteiger partial charge is 0.352 e. The van der Waals surface area contributed by atoms with E-state index < -0.39 is 0 Å². The van der Waals surface area contributed by atoms with Crippen molar-refractivity contribution in [1.29, 1.82) is 0 Å². The first-order chi connectivity index (χ1) is 10.9. The fraction of sp³-hybridized carbons (Fsp3) is 0.778. The molecule has 1 heterocycles. The Bertz CT molecular complexity index is 541. The Morgan fingerprint density at radius 2 is 1.88 bits per heavy atom. The van der Waals surface area contributed by atoms with Gasteiger partial charge in [0.05, 0.1) is 5.69 Å². The van der Waals surface area contributed by atoms with E-state index in [1.807, 2.05) is 25.6 Å². The molecule has 1 aliphatic rings. The number of amides is 1. The lowest BCUT2D eigenvalue weighted by Crippen LogP contribution is -2.47. The van der Waals surface area contributed by atoms with Crippen LogP contribution in [-0.2, 0) is 18.3 Å². The number of rotatable bonds is 6. The molecule has 2 rings (SSSR count). The van der Waals surface area contributed by atoms with E-state index in [1.54, 1.807) is 0 Å². The van der Waals surface area contributed by atoms with Gasteiger partial charge in [-0.25, -0.2) is 0 Å². The normalized spacial score (nSPS) is 17.2. The predicted molar refractivity (Wildman–Crippen MR) is 108 cm³/mol. The number of nitrogens with one attached hydrogen (secondary N) is 1. The van der Waals surface area contributed by atoms with E-state index in [1.165, 1.54) is 37.7 Å². The summed E-state index contributed by atoms with van der Waals surface area (Å²) in [6.07, 6.45) is 6.97. The standard InChI is InChI=1S/C18H32N4O.2ClH/c1-12(10-16-13(2)21-22(4)14(16)3)18(23)20-17(11-19)15-8-6-5-7-9-15;;/h12,15,17H,5-11,19H2,1-4H3,(H,20,23);2*1H. The van der Waals surface area contributed by atoms with E-state index in [0.29, 0.717) is 12.5 Å². The van der Waals surface area contributed by atoms with Crippen molar-refractivity contribution < 1.29 is 4.79 Å². The first kappa shape index (κ1) is 24.2. The Morgan fingerprint density at radius 3 is 2.36 bits per heavy atom. The Morgan fingerprint density at radius 1 is 1.28 bits per heavy atom. The third kappa shape index (κ3) is 6.15. The number of hydrogen-bond donors (Lipinski definition) is 2. The highest BCUT2D eigenvalue weighted by Gasteiger charge is 2.26. The molecule has 1 aromatic heterocycles. The van der Waals surface area contributed by atoms with Gasteiger partial charge in [0.15, 0.2) is 0 Å². The van der Waals surface area contributed by atoms with E-state index >= 15 is 0 Å². The van der Waals surface area contributed by atoms with E-state index in [-0.39, 0.29) is 42.7 Å². The molecule has 1 saturated carbocycles. The van der Waals surface area contributed by atoms with Crippen molar-refractivity contribution in [1.82, 2.24) is 15.1 Å². The summed E-state index contributed by atoms with van der Waals surface area (Å²) in [7, 11) is 1.95. The molecule has 0 bridgehead atoms. The first-order valence-electron chi connectivity index (χ1n) is 8.93. The summed E-state index contributed by atoms with van der Waals surface area (Å²) in [4.78, 5) is 12.6. The molecular formula is C18H34Cl2N4O. The van der Waals surface area contributed by atoms with Crippen molar-refractivity contribution in [3.8, 4) is 0 Å². The Hall–Kier alpha value is -0.780. The summed E-state index contributed by atoms with van der Waals surface area (Å²) in [5.74, 6) is 0.606. The van der Waals surface area contributed by atoms with Crippen LogP contribution < -0.4 is 11.1 Å². The van der Waals surface area contributed by atoms with Gasteiger partial charge in [0.25, 0.3) is 0 Å². The van der Waals surface area contributed by atoms with E-state index in [4.69, 9.17) is 5.73 Å². The zero-order valence-electron chi connectivity index (χ0n) is 15.9. The smallest absolute Gasteiger partial charge is 0.223 e. The van der Waals surface area contributed by atoms with Crippen molar-refractivity contribution in [3.05, 3.63) is 17.0 Å². The number of halogens is 2. The average Bonchev–Trinajstić information content (AvgIpc) is 2.79. The molecule has 0 aromatic carbocycles. The molecule has 2 atom stereocenters. The van der Waals surface area contributed by atoms with Crippen LogP contribution in [-0.4, -0.2) is 28.3 Å². The summed E-state index contributed by atoms with van der Waals surface area (Å²) in [5.41, 5.74) is 9.28. The molecule has 2 unspecified atom stereocenters. The maximum absolute atomic E-state index is 12.6. The maximum atomic E-state index is 12.6. The summed E-state index contributed by atoms with van der Waals surface area (Å²) < 4.78 is 1.89. The molecule has 25 heavy (non-hydrogen) atoms. The van der Waals surface area contributed by atoms with Gasteiger partial charge in [0, 0.05) is 31.2 Å². The van der Waals surface area contributed by atoms with Gasteiger partial charge in [-0.3, -0.25) is 9.48 Å². The van der Waals surface area contributed by atoms with Gasteiger partial charge in [-0.1, -0.05) is 26.2 Å². The molecule has 0 aliphatic heterocycles. The quantitative estimate of drug-likeness (QED) is 0.780. The number of aryl methyl sites for hydroxylation is 2. The second-order valence-electron chi connectivity index (χ2n) is 7.13. The van der Waals surface area contributed by atoms with Gasteiger partial charge >= 0.3 is 0 Å². The van der Waals surface area contributed by atoms with Crippen LogP contribution in [0.4, 0.5) is 0 Å². The first-order valence-corrected chi connectivity index (χ1v) is 8.93. The monoisotopic (exact) mass is 392 g/mol. The predicted octanol–water partition coefficient (Wildman–Crippen LogP) is 3.08. The van der Waals surface area contributed by atoms with Crippen LogP contribution in [0.2, 0.25) is 0 Å². The highest BCUT2D eigenvalue weighted by Crippen LogP contribution is 2.26. The fourth-order valence-electron chi connectivity index (χ4n) is 3.74. The number of carbonyl (C=O) groups is 1. The van der Waals surface area contributed by atoms with Crippen molar-refractivity contribution in [2.45, 2.75) is 65.3 Å². The molecule has 1 amide bonds. The minimum atomic E-state index is -0.0609. The molecule has 0 radical (unpaired) electrons. The van der Waals surface area contributed by atoms with E-state index in [9.17, 15) is 4.79 Å². The topological polar surface area (TPSA) is 72.9 Å². The number of carbonyl (C=O) groups excluding carboxylic acids is 1. The third-order valence-corrected chi connectivity index (χ3v) is 5.42. The lowest BCUT2D eigenvalue weighted by Gasteiger charge is -2.31. The minimum absolute atomic E-state index is 0. The molecule has 1 aliphatic carbocycles. The van der Waals surface area contributed by atoms with Crippen LogP contribution in [0.15, 0.2) is 0 Å². The number of aromatic nitrogens is 2. The van der Waals surface area contributed by atoms with Gasteiger partial charge < -0.3 is 11.1 Å². The Labute approximate surface area is 164 Å². The Kier molecular flexibility index (Phi) is 10.7. The van der Waals surface area contributed by atoms with Crippen LogP contribution in [0.3, 0.4) is 0 Å². The molecule has 146 valence electrons. The molecule has 1 aromatic rings. The summed E-state index contributed by atoms with van der Waals surface area (Å²) in [6.45, 7) is 6.60. The zero-order chi connectivity index (χ0) is 17.0. The van der Waals surface area contributed by atoms with Crippen molar-refractivity contribution in [2.75, 3.05) is 6.54 Å². The SMILES string of the molecule is Cc1nn(C)c(C)c1CC(C)C(=O)NC(CN)C1CCCCC1.Cl.Cl. The molecule has 0 spiro atoms. The van der Waals surface area contributed by atoms with Crippen LogP contribution in [0.5, 0.6) is 0 Å². The van der Waals surface area contributed by atoms with E-state index in [0.717, 1.165) is 17.8 Å². The molecule has 3 N–H and O–H groups in total. The highest BCUT2D eigenvalue weighted by molar-refractivity contribution is 5.85. The van der Waals surface area contributed by atoms with Crippen LogP contribution in [0.1, 0.15) is 56.0 Å². The number of hydrogen-bond acceptors (Lipinski definition) is 3. The summed E-state index contributed by atoms with van der Waals surface area (Å²) >= 11 is 0. The molecule has 0 saturated heterocycles. The number of nitrogens with two attached hydrogens (primary N) is 1. The van der Waals surface area contributed by atoms with Gasteiger partial charge in [-0.2, -0.15) is 5.10 Å². The van der Waals surface area contributed by atoms with Gasteiger partial charge in [0.1, 0.15) is 0 Å². The van der Waals surface area contributed by atoms with Crippen LogP contribution >= 0.6 is 24.8 Å². The van der Waals surface area contributed by atoms with Crippen LogP contribution in [0, 0.1) is 25.7 Å². The highest BCUT2D eigenvalue weighted by atomic mass is 35.5. The number of nitrogens with zero attached hydrogens (tertiary/aromatic N) is 2. The van der Waals surface area contributed by atoms with Crippen molar-refractivity contribution >= 4 is 30.7 Å². The maximum Gasteiger partial charge on any atom is 0.223 e. The second kappa shape index (κ2) is 11.0. The second-order valence-corrected chi connectivity index (χ2v) is 7.13. The summed E-state index contributed by atoms with van der Waals surface area (Å²) in [6, 6.07) is 0.126. The fourth-order valence-corrected chi connectivity index (χ4v) is 3.74.